The third kappa shape index (κ3) is 3.68. The van der Waals surface area contributed by atoms with Crippen molar-refractivity contribution in [3.05, 3.63) is 6.33 Å². The quantitative estimate of drug-likeness (QED) is 0.788. The number of aromatic nitrogens is 2. The van der Waals surface area contributed by atoms with E-state index in [1.54, 1.807) is 7.11 Å². The minimum Gasteiger partial charge on any atom is -0.479 e. The molecule has 0 spiro atoms. The molecule has 1 unspecified atom stereocenters. The van der Waals surface area contributed by atoms with Gasteiger partial charge in [0, 0.05) is 25.7 Å². The third-order valence-corrected chi connectivity index (χ3v) is 3.06. The fourth-order valence-corrected chi connectivity index (χ4v) is 2.11. The first-order valence-electron chi connectivity index (χ1n) is 6.41. The number of ether oxygens (including phenoxy) is 2. The van der Waals surface area contributed by atoms with Gasteiger partial charge in [-0.25, -0.2) is 4.98 Å². The third-order valence-electron chi connectivity index (χ3n) is 3.06. The molecule has 0 bridgehead atoms. The molecular formula is C12H21N5O2. The van der Waals surface area contributed by atoms with Crippen molar-refractivity contribution in [3.63, 3.8) is 0 Å². The number of hydrogen-bond acceptors (Lipinski definition) is 7. The Bertz CT molecular complexity index is 409. The van der Waals surface area contributed by atoms with Gasteiger partial charge in [0.25, 0.3) is 0 Å². The summed E-state index contributed by atoms with van der Waals surface area (Å²) in [5.74, 6) is 1.02. The number of methoxy groups -OCH3 is 1. The Balaban J connectivity index is 1.92. The number of rotatable bonds is 5. The van der Waals surface area contributed by atoms with Crippen LogP contribution in [-0.4, -0.2) is 60.9 Å². The maximum absolute atomic E-state index is 5.93. The van der Waals surface area contributed by atoms with Gasteiger partial charge in [-0.3, -0.25) is 4.90 Å². The van der Waals surface area contributed by atoms with Crippen LogP contribution in [0.4, 0.5) is 11.5 Å². The van der Waals surface area contributed by atoms with Gasteiger partial charge < -0.3 is 20.5 Å². The van der Waals surface area contributed by atoms with Crippen molar-refractivity contribution < 1.29 is 9.47 Å². The zero-order chi connectivity index (χ0) is 13.7. The number of morpholine rings is 1. The molecule has 1 aliphatic heterocycles. The normalized spacial score (nSPS) is 18.0. The number of hydrogen-bond donors (Lipinski definition) is 2. The molecule has 1 saturated heterocycles. The number of nitrogens with two attached hydrogens (primary N) is 1. The molecule has 7 nitrogen and oxygen atoms in total. The highest BCUT2D eigenvalue weighted by atomic mass is 16.5. The van der Waals surface area contributed by atoms with Crippen LogP contribution in [0, 0.1) is 0 Å². The summed E-state index contributed by atoms with van der Waals surface area (Å²) in [6, 6.07) is 0.236. The van der Waals surface area contributed by atoms with Crippen LogP contribution in [0.2, 0.25) is 0 Å². The topological polar surface area (TPSA) is 85.5 Å². The molecule has 0 amide bonds. The second-order valence-electron chi connectivity index (χ2n) is 4.60. The van der Waals surface area contributed by atoms with Crippen molar-refractivity contribution in [2.45, 2.75) is 13.0 Å². The fourth-order valence-electron chi connectivity index (χ4n) is 2.11. The van der Waals surface area contributed by atoms with E-state index in [1.807, 2.05) is 0 Å². The van der Waals surface area contributed by atoms with Gasteiger partial charge in [-0.1, -0.05) is 0 Å². The Morgan fingerprint density at radius 3 is 2.89 bits per heavy atom. The lowest BCUT2D eigenvalue weighted by molar-refractivity contribution is 0.0368. The first-order chi connectivity index (χ1) is 9.20. The lowest BCUT2D eigenvalue weighted by Gasteiger charge is -2.29. The highest BCUT2D eigenvalue weighted by molar-refractivity contribution is 5.66. The van der Waals surface area contributed by atoms with Crippen LogP contribution in [0.1, 0.15) is 6.92 Å². The van der Waals surface area contributed by atoms with Crippen LogP contribution in [0.25, 0.3) is 0 Å². The highest BCUT2D eigenvalue weighted by Crippen LogP contribution is 2.24. The maximum Gasteiger partial charge on any atom is 0.242 e. The van der Waals surface area contributed by atoms with Gasteiger partial charge in [0.2, 0.25) is 5.88 Å². The zero-order valence-corrected chi connectivity index (χ0v) is 11.4. The van der Waals surface area contributed by atoms with E-state index in [4.69, 9.17) is 15.2 Å². The number of anilines is 2. The molecule has 106 valence electrons. The summed E-state index contributed by atoms with van der Waals surface area (Å²) in [6.45, 7) is 6.56. The monoisotopic (exact) mass is 267 g/mol. The summed E-state index contributed by atoms with van der Waals surface area (Å²) < 4.78 is 10.4. The number of nitrogens with zero attached hydrogens (tertiary/aromatic N) is 3. The predicted molar refractivity (Wildman–Crippen MR) is 73.3 cm³/mol. The van der Waals surface area contributed by atoms with E-state index >= 15 is 0 Å². The molecule has 0 radical (unpaired) electrons. The van der Waals surface area contributed by atoms with E-state index in [9.17, 15) is 0 Å². The van der Waals surface area contributed by atoms with E-state index in [0.29, 0.717) is 17.4 Å². The lowest BCUT2D eigenvalue weighted by atomic mass is 10.2. The molecule has 0 aromatic carbocycles. The molecule has 0 saturated carbocycles. The molecular weight excluding hydrogens is 246 g/mol. The van der Waals surface area contributed by atoms with Gasteiger partial charge in [-0.15, -0.1) is 0 Å². The smallest absolute Gasteiger partial charge is 0.242 e. The maximum atomic E-state index is 5.93. The second kappa shape index (κ2) is 6.53. The largest absolute Gasteiger partial charge is 0.479 e. The van der Waals surface area contributed by atoms with Crippen molar-refractivity contribution in [2.75, 3.05) is 51.0 Å². The van der Waals surface area contributed by atoms with Crippen LogP contribution in [0.15, 0.2) is 6.33 Å². The minimum atomic E-state index is 0.236. The van der Waals surface area contributed by atoms with Crippen molar-refractivity contribution in [1.29, 1.82) is 0 Å². The SMILES string of the molecule is COc1ncnc(NC(C)CN2CCOCC2)c1N. The molecule has 2 heterocycles. The van der Waals surface area contributed by atoms with Gasteiger partial charge >= 0.3 is 0 Å². The first-order valence-corrected chi connectivity index (χ1v) is 6.41. The Kier molecular flexibility index (Phi) is 4.75. The van der Waals surface area contributed by atoms with Gasteiger partial charge in [0.15, 0.2) is 5.82 Å². The van der Waals surface area contributed by atoms with E-state index in [-0.39, 0.29) is 6.04 Å². The van der Waals surface area contributed by atoms with Crippen LogP contribution in [-0.2, 0) is 4.74 Å². The molecule has 7 heteroatoms. The summed E-state index contributed by atoms with van der Waals surface area (Å²) in [4.78, 5) is 10.5. The van der Waals surface area contributed by atoms with E-state index in [1.165, 1.54) is 6.33 Å². The van der Waals surface area contributed by atoms with E-state index in [0.717, 1.165) is 32.8 Å². The lowest BCUT2D eigenvalue weighted by Crippen LogP contribution is -2.42. The standard InChI is InChI=1S/C12H21N5O2/c1-9(7-17-3-5-19-6-4-17)16-11-10(13)12(18-2)15-8-14-11/h8-9H,3-7,13H2,1-2H3,(H,14,15,16). The highest BCUT2D eigenvalue weighted by Gasteiger charge is 2.15. The van der Waals surface area contributed by atoms with E-state index in [2.05, 4.69) is 27.1 Å². The Morgan fingerprint density at radius 1 is 1.47 bits per heavy atom. The molecule has 2 rings (SSSR count). The molecule has 1 aliphatic rings. The predicted octanol–water partition coefficient (Wildman–Crippen LogP) is 0.200. The molecule has 1 fully saturated rings. The molecule has 19 heavy (non-hydrogen) atoms. The zero-order valence-electron chi connectivity index (χ0n) is 11.4. The molecule has 1 aromatic heterocycles. The average molecular weight is 267 g/mol. The Labute approximate surface area is 113 Å². The summed E-state index contributed by atoms with van der Waals surface area (Å²) in [5.41, 5.74) is 6.37. The van der Waals surface area contributed by atoms with Crippen molar-refractivity contribution >= 4 is 11.5 Å². The van der Waals surface area contributed by atoms with E-state index < -0.39 is 0 Å². The van der Waals surface area contributed by atoms with Gasteiger partial charge in [-0.2, -0.15) is 4.98 Å². The average Bonchev–Trinajstić information content (AvgIpc) is 2.42. The Hall–Kier alpha value is -1.60. The minimum absolute atomic E-state index is 0.236. The summed E-state index contributed by atoms with van der Waals surface area (Å²) in [6.07, 6.45) is 1.44. The Morgan fingerprint density at radius 2 is 2.21 bits per heavy atom. The second-order valence-corrected chi connectivity index (χ2v) is 4.60. The summed E-state index contributed by atoms with van der Waals surface area (Å²) in [7, 11) is 1.54. The van der Waals surface area contributed by atoms with Crippen LogP contribution in [0.3, 0.4) is 0 Å². The first kappa shape index (κ1) is 13.8. The van der Waals surface area contributed by atoms with Gasteiger partial charge in [-0.05, 0) is 6.92 Å². The fraction of sp³-hybridized carbons (Fsp3) is 0.667. The van der Waals surface area contributed by atoms with Gasteiger partial charge in [0.05, 0.1) is 20.3 Å². The van der Waals surface area contributed by atoms with Crippen LogP contribution >= 0.6 is 0 Å². The molecule has 1 aromatic rings. The summed E-state index contributed by atoms with van der Waals surface area (Å²) in [5, 5.41) is 3.29. The molecule has 1 atom stereocenters. The van der Waals surface area contributed by atoms with Crippen molar-refractivity contribution in [3.8, 4) is 5.88 Å². The van der Waals surface area contributed by atoms with Gasteiger partial charge in [0.1, 0.15) is 12.0 Å². The number of nitrogen functional groups attached to an aromatic ring is 1. The van der Waals surface area contributed by atoms with Crippen LogP contribution < -0.4 is 15.8 Å². The molecule has 0 aliphatic carbocycles. The summed E-state index contributed by atoms with van der Waals surface area (Å²) >= 11 is 0. The molecule has 3 N–H and O–H groups in total. The van der Waals surface area contributed by atoms with Crippen LogP contribution in [0.5, 0.6) is 5.88 Å². The van der Waals surface area contributed by atoms with Crippen molar-refractivity contribution in [1.82, 2.24) is 14.9 Å². The van der Waals surface area contributed by atoms with Crippen molar-refractivity contribution in [2.24, 2.45) is 0 Å². The number of nitrogens with one attached hydrogen (secondary N) is 1.